The Labute approximate surface area is 71.0 Å². The van der Waals surface area contributed by atoms with Crippen molar-refractivity contribution in [2.45, 2.75) is 18.9 Å². The predicted octanol–water partition coefficient (Wildman–Crippen LogP) is 1.94. The van der Waals surface area contributed by atoms with Gasteiger partial charge in [0.2, 0.25) is 0 Å². The lowest BCUT2D eigenvalue weighted by Gasteiger charge is -2.04. The molecule has 2 aliphatic rings. The summed E-state index contributed by atoms with van der Waals surface area (Å²) in [5, 5.41) is 0. The standard InChI is InChI=1S/C10H10O2/c1-2-4-9-7(3-1)5-8-6-10(8)12-11-9/h1-4,8,10H,5-6H2. The summed E-state index contributed by atoms with van der Waals surface area (Å²) in [4.78, 5) is 10.4. The summed E-state index contributed by atoms with van der Waals surface area (Å²) in [6.07, 6.45) is 2.63. The van der Waals surface area contributed by atoms with Crippen LogP contribution in [-0.4, -0.2) is 6.10 Å². The Balaban J connectivity index is 2.00. The topological polar surface area (TPSA) is 18.5 Å². The average molecular weight is 162 g/mol. The highest BCUT2D eigenvalue weighted by Crippen LogP contribution is 2.41. The van der Waals surface area contributed by atoms with Crippen LogP contribution in [0.4, 0.5) is 0 Å². The van der Waals surface area contributed by atoms with E-state index in [0.717, 1.165) is 18.6 Å². The molecule has 1 saturated carbocycles. The zero-order chi connectivity index (χ0) is 7.97. The monoisotopic (exact) mass is 162 g/mol. The molecule has 0 amide bonds. The van der Waals surface area contributed by atoms with Crippen LogP contribution >= 0.6 is 0 Å². The molecule has 2 nitrogen and oxygen atoms in total. The molecule has 1 aliphatic heterocycles. The molecule has 2 heteroatoms. The minimum atomic E-state index is 0.359. The van der Waals surface area contributed by atoms with Gasteiger partial charge in [-0.2, -0.15) is 4.89 Å². The van der Waals surface area contributed by atoms with Crippen LogP contribution in [0.3, 0.4) is 0 Å². The Morgan fingerprint density at radius 3 is 3.17 bits per heavy atom. The summed E-state index contributed by atoms with van der Waals surface area (Å²) in [5.41, 5.74) is 1.28. The molecule has 0 aromatic heterocycles. The second-order valence-electron chi connectivity index (χ2n) is 3.53. The van der Waals surface area contributed by atoms with E-state index in [9.17, 15) is 0 Å². The first kappa shape index (κ1) is 6.49. The minimum Gasteiger partial charge on any atom is -0.337 e. The molecule has 1 aromatic carbocycles. The molecule has 2 unspecified atom stereocenters. The maximum Gasteiger partial charge on any atom is 0.168 e. The Kier molecular flexibility index (Phi) is 1.21. The van der Waals surface area contributed by atoms with Gasteiger partial charge in [0.15, 0.2) is 5.75 Å². The highest BCUT2D eigenvalue weighted by Gasteiger charge is 2.42. The lowest BCUT2D eigenvalue weighted by atomic mass is 10.1. The zero-order valence-corrected chi connectivity index (χ0v) is 6.69. The third-order valence-corrected chi connectivity index (χ3v) is 2.57. The number of para-hydroxylation sites is 1. The molecule has 0 saturated heterocycles. The first-order chi connectivity index (χ1) is 5.93. The molecule has 3 rings (SSSR count). The van der Waals surface area contributed by atoms with Crippen LogP contribution in [0.5, 0.6) is 5.75 Å². The Bertz CT molecular complexity index is 308. The molecule has 0 spiro atoms. The number of benzene rings is 1. The second-order valence-corrected chi connectivity index (χ2v) is 3.53. The van der Waals surface area contributed by atoms with Gasteiger partial charge < -0.3 is 4.89 Å². The molecular formula is C10H10O2. The van der Waals surface area contributed by atoms with Gasteiger partial charge in [-0.15, -0.1) is 0 Å². The summed E-state index contributed by atoms with van der Waals surface area (Å²) in [6, 6.07) is 8.09. The van der Waals surface area contributed by atoms with Crippen LogP contribution in [0.15, 0.2) is 24.3 Å². The fourth-order valence-electron chi connectivity index (χ4n) is 1.70. The third kappa shape index (κ3) is 0.916. The second kappa shape index (κ2) is 2.23. The van der Waals surface area contributed by atoms with Crippen molar-refractivity contribution in [2.24, 2.45) is 5.92 Å². The molecule has 1 fully saturated rings. The van der Waals surface area contributed by atoms with Gasteiger partial charge in [0.25, 0.3) is 0 Å². The number of rotatable bonds is 0. The van der Waals surface area contributed by atoms with Crippen LogP contribution in [0.25, 0.3) is 0 Å². The van der Waals surface area contributed by atoms with E-state index in [0.29, 0.717) is 12.0 Å². The van der Waals surface area contributed by atoms with Gasteiger partial charge >= 0.3 is 0 Å². The average Bonchev–Trinajstić information content (AvgIpc) is 2.80. The summed E-state index contributed by atoms with van der Waals surface area (Å²) in [6.45, 7) is 0. The molecule has 62 valence electrons. The first-order valence-corrected chi connectivity index (χ1v) is 4.35. The van der Waals surface area contributed by atoms with Crippen molar-refractivity contribution in [3.63, 3.8) is 0 Å². The quantitative estimate of drug-likeness (QED) is 0.543. The van der Waals surface area contributed by atoms with Crippen molar-refractivity contribution in [3.05, 3.63) is 29.8 Å². The molecule has 1 heterocycles. The van der Waals surface area contributed by atoms with Crippen LogP contribution in [0.2, 0.25) is 0 Å². The van der Waals surface area contributed by atoms with Gasteiger partial charge in [-0.25, -0.2) is 0 Å². The van der Waals surface area contributed by atoms with Crippen LogP contribution < -0.4 is 4.89 Å². The molecule has 0 N–H and O–H groups in total. The molecule has 0 bridgehead atoms. The molecule has 1 aromatic rings. The predicted molar refractivity (Wildman–Crippen MR) is 43.8 cm³/mol. The Morgan fingerprint density at radius 2 is 2.17 bits per heavy atom. The lowest BCUT2D eigenvalue weighted by molar-refractivity contribution is -0.218. The summed E-state index contributed by atoms with van der Waals surface area (Å²) in [5.74, 6) is 1.60. The van der Waals surface area contributed by atoms with Crippen LogP contribution in [0, 0.1) is 5.92 Å². The van der Waals surface area contributed by atoms with Crippen molar-refractivity contribution in [1.82, 2.24) is 0 Å². The fraction of sp³-hybridized carbons (Fsp3) is 0.400. The zero-order valence-electron chi connectivity index (χ0n) is 6.69. The maximum absolute atomic E-state index is 5.20. The first-order valence-electron chi connectivity index (χ1n) is 4.35. The summed E-state index contributed by atoms with van der Waals surface area (Å²) >= 11 is 0. The van der Waals surface area contributed by atoms with Crippen molar-refractivity contribution in [1.29, 1.82) is 0 Å². The van der Waals surface area contributed by atoms with E-state index < -0.39 is 0 Å². The van der Waals surface area contributed by atoms with Crippen molar-refractivity contribution in [3.8, 4) is 5.75 Å². The molecule has 2 atom stereocenters. The van der Waals surface area contributed by atoms with Crippen molar-refractivity contribution >= 4 is 0 Å². The van der Waals surface area contributed by atoms with Crippen molar-refractivity contribution in [2.75, 3.05) is 0 Å². The smallest absolute Gasteiger partial charge is 0.168 e. The van der Waals surface area contributed by atoms with E-state index in [1.54, 1.807) is 0 Å². The van der Waals surface area contributed by atoms with E-state index in [1.165, 1.54) is 5.56 Å². The van der Waals surface area contributed by atoms with E-state index in [4.69, 9.17) is 9.78 Å². The SMILES string of the molecule is c1ccc2c(c1)CC1CC1OO2. The van der Waals surface area contributed by atoms with Crippen LogP contribution in [-0.2, 0) is 11.3 Å². The van der Waals surface area contributed by atoms with E-state index in [1.807, 2.05) is 18.2 Å². The number of fused-ring (bicyclic) bond motifs is 2. The Morgan fingerprint density at radius 1 is 1.25 bits per heavy atom. The van der Waals surface area contributed by atoms with Gasteiger partial charge in [0.1, 0.15) is 6.10 Å². The summed E-state index contributed by atoms with van der Waals surface area (Å²) < 4.78 is 0. The third-order valence-electron chi connectivity index (χ3n) is 2.57. The van der Waals surface area contributed by atoms with Crippen molar-refractivity contribution < 1.29 is 9.78 Å². The van der Waals surface area contributed by atoms with Gasteiger partial charge in [0, 0.05) is 0 Å². The fourth-order valence-corrected chi connectivity index (χ4v) is 1.70. The normalized spacial score (nSPS) is 31.0. The van der Waals surface area contributed by atoms with Crippen LogP contribution in [0.1, 0.15) is 12.0 Å². The lowest BCUT2D eigenvalue weighted by Crippen LogP contribution is -1.98. The van der Waals surface area contributed by atoms with Gasteiger partial charge in [-0.3, -0.25) is 0 Å². The molecule has 12 heavy (non-hydrogen) atoms. The maximum atomic E-state index is 5.20. The molecular weight excluding hydrogens is 152 g/mol. The van der Waals surface area contributed by atoms with E-state index in [2.05, 4.69) is 6.07 Å². The Hall–Kier alpha value is -1.02. The van der Waals surface area contributed by atoms with Gasteiger partial charge in [-0.1, -0.05) is 18.2 Å². The van der Waals surface area contributed by atoms with E-state index in [-0.39, 0.29) is 0 Å². The van der Waals surface area contributed by atoms with E-state index >= 15 is 0 Å². The highest BCUT2D eigenvalue weighted by molar-refractivity contribution is 5.34. The highest BCUT2D eigenvalue weighted by atomic mass is 17.2. The molecule has 1 aliphatic carbocycles. The number of hydrogen-bond acceptors (Lipinski definition) is 2. The number of hydrogen-bond donors (Lipinski definition) is 0. The molecule has 0 radical (unpaired) electrons. The van der Waals surface area contributed by atoms with Gasteiger partial charge in [0.05, 0.1) is 0 Å². The summed E-state index contributed by atoms with van der Waals surface area (Å²) in [7, 11) is 0. The van der Waals surface area contributed by atoms with Gasteiger partial charge in [-0.05, 0) is 30.4 Å². The minimum absolute atomic E-state index is 0.359. The largest absolute Gasteiger partial charge is 0.337 e.